The van der Waals surface area contributed by atoms with Crippen LogP contribution in [0.25, 0.3) is 0 Å². The third-order valence-corrected chi connectivity index (χ3v) is 4.19. The zero-order chi connectivity index (χ0) is 12.3. The van der Waals surface area contributed by atoms with Crippen LogP contribution in [0.2, 0.25) is 0 Å². The molecule has 0 bridgehead atoms. The molecule has 0 spiro atoms. The molecular formula is C16H24O. The predicted molar refractivity (Wildman–Crippen MR) is 72.2 cm³/mol. The summed E-state index contributed by atoms with van der Waals surface area (Å²) in [4.78, 5) is 0. The van der Waals surface area contributed by atoms with Crippen LogP contribution in [-0.2, 0) is 11.8 Å². The van der Waals surface area contributed by atoms with E-state index in [1.54, 1.807) is 0 Å². The summed E-state index contributed by atoms with van der Waals surface area (Å²) < 4.78 is 0. The second-order valence-corrected chi connectivity index (χ2v) is 5.88. The van der Waals surface area contributed by atoms with Crippen molar-refractivity contribution in [3.8, 4) is 0 Å². The molecule has 94 valence electrons. The summed E-state index contributed by atoms with van der Waals surface area (Å²) in [5.41, 5.74) is 2.91. The molecule has 0 heterocycles. The molecule has 0 aromatic heterocycles. The van der Waals surface area contributed by atoms with Gasteiger partial charge < -0.3 is 5.11 Å². The molecule has 0 saturated carbocycles. The second-order valence-electron chi connectivity index (χ2n) is 5.88. The molecule has 0 fully saturated rings. The average molecular weight is 232 g/mol. The van der Waals surface area contributed by atoms with E-state index in [-0.39, 0.29) is 5.41 Å². The highest BCUT2D eigenvalue weighted by atomic mass is 16.3. The molecule has 2 rings (SSSR count). The highest BCUT2D eigenvalue weighted by molar-refractivity contribution is 5.36. The summed E-state index contributed by atoms with van der Waals surface area (Å²) in [5, 5.41) is 9.90. The molecular weight excluding hydrogens is 208 g/mol. The van der Waals surface area contributed by atoms with Gasteiger partial charge in [0.2, 0.25) is 0 Å². The number of benzene rings is 1. The van der Waals surface area contributed by atoms with Crippen LogP contribution in [0.1, 0.15) is 50.7 Å². The van der Waals surface area contributed by atoms with E-state index in [1.807, 2.05) is 0 Å². The fraction of sp³-hybridized carbons (Fsp3) is 0.625. The molecule has 1 aromatic rings. The molecule has 1 N–H and O–H groups in total. The Morgan fingerprint density at radius 1 is 1.29 bits per heavy atom. The van der Waals surface area contributed by atoms with Gasteiger partial charge in [0, 0.05) is 5.41 Å². The van der Waals surface area contributed by atoms with Crippen LogP contribution < -0.4 is 0 Å². The minimum atomic E-state index is 0.0408. The van der Waals surface area contributed by atoms with Gasteiger partial charge in [0.15, 0.2) is 0 Å². The Morgan fingerprint density at radius 2 is 2.06 bits per heavy atom. The summed E-state index contributed by atoms with van der Waals surface area (Å²) in [5.74, 6) is 0.715. The van der Waals surface area contributed by atoms with Gasteiger partial charge >= 0.3 is 0 Å². The summed E-state index contributed by atoms with van der Waals surface area (Å²) in [6.07, 6.45) is 5.87. The quantitative estimate of drug-likeness (QED) is 0.839. The van der Waals surface area contributed by atoms with E-state index in [0.29, 0.717) is 12.5 Å². The van der Waals surface area contributed by atoms with E-state index >= 15 is 0 Å². The molecule has 1 heteroatoms. The molecule has 1 aliphatic rings. The molecule has 17 heavy (non-hydrogen) atoms. The van der Waals surface area contributed by atoms with E-state index in [0.717, 1.165) is 12.8 Å². The monoisotopic (exact) mass is 232 g/mol. The minimum absolute atomic E-state index is 0.0408. The van der Waals surface area contributed by atoms with Gasteiger partial charge in [-0.3, -0.25) is 0 Å². The van der Waals surface area contributed by atoms with Crippen LogP contribution in [0.4, 0.5) is 0 Å². The zero-order valence-corrected chi connectivity index (χ0v) is 11.1. The van der Waals surface area contributed by atoms with Crippen molar-refractivity contribution in [3.63, 3.8) is 0 Å². The van der Waals surface area contributed by atoms with Crippen molar-refractivity contribution < 1.29 is 5.11 Å². The summed E-state index contributed by atoms with van der Waals surface area (Å²) >= 11 is 0. The van der Waals surface area contributed by atoms with Gasteiger partial charge in [-0.05, 0) is 42.7 Å². The fourth-order valence-electron chi connectivity index (χ4n) is 3.08. The first-order valence-electron chi connectivity index (χ1n) is 6.87. The van der Waals surface area contributed by atoms with Crippen LogP contribution in [-0.4, -0.2) is 11.7 Å². The lowest BCUT2D eigenvalue weighted by Crippen LogP contribution is -2.35. The standard InChI is InChI=1S/C16H24O/c1-13(2)9-11-16(12-17)10-5-7-14-6-3-4-8-15(14)16/h3-4,6,8,13,17H,5,7,9-12H2,1-2H3. The second kappa shape index (κ2) is 5.22. The largest absolute Gasteiger partial charge is 0.395 e. The number of hydrogen-bond donors (Lipinski definition) is 1. The van der Waals surface area contributed by atoms with Gasteiger partial charge in [0.05, 0.1) is 6.61 Å². The van der Waals surface area contributed by atoms with Gasteiger partial charge in [-0.1, -0.05) is 44.5 Å². The Balaban J connectivity index is 2.28. The maximum atomic E-state index is 9.90. The third-order valence-electron chi connectivity index (χ3n) is 4.19. The normalized spacial score (nSPS) is 23.8. The summed E-state index contributed by atoms with van der Waals surface area (Å²) in [6, 6.07) is 8.69. The zero-order valence-electron chi connectivity index (χ0n) is 11.1. The lowest BCUT2D eigenvalue weighted by molar-refractivity contribution is 0.158. The van der Waals surface area contributed by atoms with Crippen molar-refractivity contribution in [1.29, 1.82) is 0 Å². The lowest BCUT2D eigenvalue weighted by atomic mass is 9.67. The molecule has 0 radical (unpaired) electrons. The maximum absolute atomic E-state index is 9.90. The summed E-state index contributed by atoms with van der Waals surface area (Å²) in [6.45, 7) is 4.83. The Morgan fingerprint density at radius 3 is 2.76 bits per heavy atom. The number of aliphatic hydroxyl groups excluding tert-OH is 1. The molecule has 1 aromatic carbocycles. The SMILES string of the molecule is CC(C)CCC1(CO)CCCc2ccccc21. The molecule has 1 atom stereocenters. The number of aliphatic hydroxyl groups is 1. The molecule has 0 amide bonds. The van der Waals surface area contributed by atoms with Gasteiger partial charge in [-0.2, -0.15) is 0 Å². The van der Waals surface area contributed by atoms with Crippen molar-refractivity contribution in [1.82, 2.24) is 0 Å². The average Bonchev–Trinajstić information content (AvgIpc) is 2.36. The van der Waals surface area contributed by atoms with Gasteiger partial charge in [0.25, 0.3) is 0 Å². The van der Waals surface area contributed by atoms with Gasteiger partial charge in [-0.15, -0.1) is 0 Å². The fourth-order valence-corrected chi connectivity index (χ4v) is 3.08. The number of aryl methyl sites for hydroxylation is 1. The van der Waals surface area contributed by atoms with Crippen molar-refractivity contribution in [2.75, 3.05) is 6.61 Å². The molecule has 1 aliphatic carbocycles. The third kappa shape index (κ3) is 2.55. The number of rotatable bonds is 4. The highest BCUT2D eigenvalue weighted by Gasteiger charge is 2.35. The smallest absolute Gasteiger partial charge is 0.0528 e. The Labute approximate surface area is 105 Å². The predicted octanol–water partition coefficient (Wildman–Crippen LogP) is 3.69. The first-order chi connectivity index (χ1) is 8.18. The molecule has 0 aliphatic heterocycles. The lowest BCUT2D eigenvalue weighted by Gasteiger charge is -2.38. The number of hydrogen-bond acceptors (Lipinski definition) is 1. The maximum Gasteiger partial charge on any atom is 0.0528 e. The highest BCUT2D eigenvalue weighted by Crippen LogP contribution is 2.41. The van der Waals surface area contributed by atoms with Crippen molar-refractivity contribution in [2.45, 2.75) is 51.4 Å². The van der Waals surface area contributed by atoms with Crippen molar-refractivity contribution in [3.05, 3.63) is 35.4 Å². The first kappa shape index (κ1) is 12.6. The molecule has 0 saturated heterocycles. The van der Waals surface area contributed by atoms with Crippen molar-refractivity contribution in [2.24, 2.45) is 5.92 Å². The molecule has 1 unspecified atom stereocenters. The minimum Gasteiger partial charge on any atom is -0.395 e. The van der Waals surface area contributed by atoms with E-state index < -0.39 is 0 Å². The van der Waals surface area contributed by atoms with Crippen LogP contribution in [0.3, 0.4) is 0 Å². The Bertz CT molecular complexity index is 370. The van der Waals surface area contributed by atoms with E-state index in [1.165, 1.54) is 30.4 Å². The Hall–Kier alpha value is -0.820. The topological polar surface area (TPSA) is 20.2 Å². The van der Waals surface area contributed by atoms with E-state index in [4.69, 9.17) is 0 Å². The van der Waals surface area contributed by atoms with E-state index in [9.17, 15) is 5.11 Å². The van der Waals surface area contributed by atoms with Crippen LogP contribution in [0.15, 0.2) is 24.3 Å². The van der Waals surface area contributed by atoms with E-state index in [2.05, 4.69) is 38.1 Å². The first-order valence-corrected chi connectivity index (χ1v) is 6.87. The molecule has 1 nitrogen and oxygen atoms in total. The Kier molecular flexibility index (Phi) is 3.88. The van der Waals surface area contributed by atoms with Crippen LogP contribution >= 0.6 is 0 Å². The van der Waals surface area contributed by atoms with Crippen molar-refractivity contribution >= 4 is 0 Å². The van der Waals surface area contributed by atoms with Gasteiger partial charge in [0.1, 0.15) is 0 Å². The van der Waals surface area contributed by atoms with Crippen LogP contribution in [0, 0.1) is 5.92 Å². The summed E-state index contributed by atoms with van der Waals surface area (Å²) in [7, 11) is 0. The number of fused-ring (bicyclic) bond motifs is 1. The van der Waals surface area contributed by atoms with Crippen LogP contribution in [0.5, 0.6) is 0 Å². The van der Waals surface area contributed by atoms with Gasteiger partial charge in [-0.25, -0.2) is 0 Å².